The molecule has 1 fully saturated rings. The molecular weight excluding hydrogens is 304 g/mol. The molecule has 0 aliphatic carbocycles. The number of nitrogens with zero attached hydrogens (tertiary/aromatic N) is 2. The Hall–Kier alpha value is -1.85. The van der Waals surface area contributed by atoms with Gasteiger partial charge in [-0.25, -0.2) is 0 Å². The molecule has 130 valence electrons. The maximum Gasteiger partial charge on any atom is 0.254 e. The Balaban J connectivity index is 1.92. The van der Waals surface area contributed by atoms with E-state index in [1.54, 1.807) is 4.90 Å². The number of carbonyl (C=O) groups is 1. The highest BCUT2D eigenvalue weighted by Gasteiger charge is 2.43. The average molecular weight is 330 g/mol. The van der Waals surface area contributed by atoms with Crippen LogP contribution >= 0.6 is 0 Å². The van der Waals surface area contributed by atoms with Crippen molar-refractivity contribution in [1.29, 1.82) is 0 Å². The minimum Gasteiger partial charge on any atom is -0.396 e. The van der Waals surface area contributed by atoms with E-state index in [4.69, 9.17) is 0 Å². The van der Waals surface area contributed by atoms with E-state index >= 15 is 0 Å². The van der Waals surface area contributed by atoms with Gasteiger partial charge in [0.15, 0.2) is 0 Å². The van der Waals surface area contributed by atoms with Crippen LogP contribution in [0.15, 0.2) is 30.5 Å². The van der Waals surface area contributed by atoms with E-state index in [1.807, 2.05) is 49.0 Å². The Morgan fingerprint density at radius 1 is 1.38 bits per heavy atom. The van der Waals surface area contributed by atoms with Crippen LogP contribution in [0.3, 0.4) is 0 Å². The summed E-state index contributed by atoms with van der Waals surface area (Å²) in [6, 6.07) is 7.73. The van der Waals surface area contributed by atoms with Gasteiger partial charge in [0, 0.05) is 48.2 Å². The fourth-order valence-electron chi connectivity index (χ4n) is 3.96. The van der Waals surface area contributed by atoms with E-state index in [9.17, 15) is 15.0 Å². The van der Waals surface area contributed by atoms with Crippen LogP contribution in [0.2, 0.25) is 0 Å². The Kier molecular flexibility index (Phi) is 4.65. The first kappa shape index (κ1) is 17.0. The molecule has 1 saturated heterocycles. The molecule has 2 N–H and O–H groups in total. The Labute approximate surface area is 142 Å². The van der Waals surface area contributed by atoms with E-state index < -0.39 is 11.5 Å². The lowest BCUT2D eigenvalue weighted by molar-refractivity contribution is -0.0719. The van der Waals surface area contributed by atoms with E-state index in [0.717, 1.165) is 17.3 Å². The van der Waals surface area contributed by atoms with Crippen LogP contribution in [0, 0.1) is 5.41 Å². The van der Waals surface area contributed by atoms with Crippen LogP contribution < -0.4 is 0 Å². The van der Waals surface area contributed by atoms with Crippen molar-refractivity contribution in [3.63, 3.8) is 0 Å². The van der Waals surface area contributed by atoms with Crippen molar-refractivity contribution in [2.75, 3.05) is 19.7 Å². The van der Waals surface area contributed by atoms with Crippen LogP contribution in [-0.4, -0.2) is 51.4 Å². The smallest absolute Gasteiger partial charge is 0.254 e. The average Bonchev–Trinajstić information content (AvgIpc) is 2.98. The maximum atomic E-state index is 13.1. The minimum absolute atomic E-state index is 0.0207. The van der Waals surface area contributed by atoms with Gasteiger partial charge in [-0.05, 0) is 31.0 Å². The van der Waals surface area contributed by atoms with Gasteiger partial charge in [0.2, 0.25) is 0 Å². The molecule has 1 aromatic carbocycles. The molecule has 5 nitrogen and oxygen atoms in total. The molecule has 0 radical (unpaired) electrons. The van der Waals surface area contributed by atoms with Crippen LogP contribution in [0.25, 0.3) is 10.9 Å². The highest BCUT2D eigenvalue weighted by molar-refractivity contribution is 6.06. The summed E-state index contributed by atoms with van der Waals surface area (Å²) >= 11 is 0. The van der Waals surface area contributed by atoms with Crippen molar-refractivity contribution < 1.29 is 15.0 Å². The monoisotopic (exact) mass is 330 g/mol. The van der Waals surface area contributed by atoms with Crippen LogP contribution in [-0.2, 0) is 7.05 Å². The zero-order valence-electron chi connectivity index (χ0n) is 14.4. The number of amides is 1. The number of piperidine rings is 1. The molecule has 0 saturated carbocycles. The summed E-state index contributed by atoms with van der Waals surface area (Å²) in [5, 5.41) is 21.2. The Bertz CT molecular complexity index is 739. The fraction of sp³-hybridized carbons (Fsp3) is 0.526. The number of aryl methyl sites for hydroxylation is 1. The van der Waals surface area contributed by atoms with Gasteiger partial charge < -0.3 is 19.7 Å². The first-order valence-corrected chi connectivity index (χ1v) is 8.64. The zero-order valence-corrected chi connectivity index (χ0v) is 14.4. The van der Waals surface area contributed by atoms with Gasteiger partial charge in [-0.3, -0.25) is 4.79 Å². The van der Waals surface area contributed by atoms with Gasteiger partial charge in [0.05, 0.1) is 12.7 Å². The summed E-state index contributed by atoms with van der Waals surface area (Å²) in [4.78, 5) is 14.9. The Morgan fingerprint density at radius 3 is 2.88 bits per heavy atom. The van der Waals surface area contributed by atoms with Crippen LogP contribution in [0.1, 0.15) is 36.5 Å². The number of fused-ring (bicyclic) bond motifs is 1. The van der Waals surface area contributed by atoms with Gasteiger partial charge in [0.1, 0.15) is 0 Å². The highest BCUT2D eigenvalue weighted by Crippen LogP contribution is 2.35. The summed E-state index contributed by atoms with van der Waals surface area (Å²) in [6.07, 6.45) is 3.49. The summed E-state index contributed by atoms with van der Waals surface area (Å²) in [6.45, 7) is 2.87. The molecule has 2 heterocycles. The summed E-state index contributed by atoms with van der Waals surface area (Å²) < 4.78 is 2.00. The summed E-state index contributed by atoms with van der Waals surface area (Å²) in [5.41, 5.74) is 1.11. The molecule has 1 aromatic heterocycles. The van der Waals surface area contributed by atoms with Gasteiger partial charge in [0.25, 0.3) is 5.91 Å². The third kappa shape index (κ3) is 2.72. The largest absolute Gasteiger partial charge is 0.396 e. The molecule has 0 bridgehead atoms. The topological polar surface area (TPSA) is 65.7 Å². The van der Waals surface area contributed by atoms with Gasteiger partial charge in [-0.2, -0.15) is 0 Å². The molecule has 3 rings (SSSR count). The number of aliphatic hydroxyl groups excluding tert-OH is 2. The zero-order chi connectivity index (χ0) is 17.3. The number of likely N-dealkylation sites (tertiary alicyclic amines) is 1. The summed E-state index contributed by atoms with van der Waals surface area (Å²) in [7, 11) is 1.96. The van der Waals surface area contributed by atoms with Crippen LogP contribution in [0.5, 0.6) is 0 Å². The predicted molar refractivity (Wildman–Crippen MR) is 93.9 cm³/mol. The van der Waals surface area contributed by atoms with E-state index in [2.05, 4.69) is 0 Å². The molecule has 1 aliphatic rings. The molecule has 0 spiro atoms. The third-order valence-electron chi connectivity index (χ3n) is 5.39. The first-order valence-electron chi connectivity index (χ1n) is 8.64. The summed E-state index contributed by atoms with van der Waals surface area (Å²) in [5.74, 6) is -0.0207. The number of benzene rings is 1. The van der Waals surface area contributed by atoms with Gasteiger partial charge >= 0.3 is 0 Å². The molecular formula is C19H26N2O3. The molecule has 5 heteroatoms. The second-order valence-electron chi connectivity index (χ2n) is 6.97. The lowest BCUT2D eigenvalue weighted by Gasteiger charge is -2.45. The van der Waals surface area contributed by atoms with Gasteiger partial charge in [-0.15, -0.1) is 0 Å². The van der Waals surface area contributed by atoms with E-state index in [0.29, 0.717) is 31.5 Å². The quantitative estimate of drug-likeness (QED) is 0.903. The molecule has 2 aromatic rings. The lowest BCUT2D eigenvalue weighted by Crippen LogP contribution is -2.55. The van der Waals surface area contributed by atoms with Crippen molar-refractivity contribution in [2.45, 2.75) is 32.3 Å². The standard InChI is InChI=1S/C19H26N2O3/c1-3-9-19(13-22)12-21(11-8-17(19)23)18(24)15-5-4-6-16-14(15)7-10-20(16)2/h4-7,10,17,22-23H,3,8-9,11-13H2,1-2H3/t17-,19-/m0/s1. The van der Waals surface area contributed by atoms with Crippen molar-refractivity contribution in [1.82, 2.24) is 9.47 Å². The normalized spacial score (nSPS) is 24.5. The third-order valence-corrected chi connectivity index (χ3v) is 5.39. The molecule has 24 heavy (non-hydrogen) atoms. The first-order chi connectivity index (χ1) is 11.5. The SMILES string of the molecule is CCC[C@@]1(CO)CN(C(=O)c2cccc3c2ccn3C)CC[C@@H]1O. The van der Waals surface area contributed by atoms with Crippen molar-refractivity contribution in [3.8, 4) is 0 Å². The molecule has 1 amide bonds. The van der Waals surface area contributed by atoms with E-state index in [1.165, 1.54) is 0 Å². The molecule has 0 unspecified atom stereocenters. The van der Waals surface area contributed by atoms with E-state index in [-0.39, 0.29) is 12.5 Å². The number of aliphatic hydroxyl groups is 2. The molecule has 1 aliphatic heterocycles. The number of hydrogen-bond acceptors (Lipinski definition) is 3. The second-order valence-corrected chi connectivity index (χ2v) is 6.97. The highest BCUT2D eigenvalue weighted by atomic mass is 16.3. The predicted octanol–water partition coefficient (Wildman–Crippen LogP) is 2.16. The van der Waals surface area contributed by atoms with Crippen LogP contribution in [0.4, 0.5) is 0 Å². The van der Waals surface area contributed by atoms with Crippen molar-refractivity contribution in [3.05, 3.63) is 36.0 Å². The fourth-order valence-corrected chi connectivity index (χ4v) is 3.96. The van der Waals surface area contributed by atoms with Crippen molar-refractivity contribution >= 4 is 16.8 Å². The minimum atomic E-state index is -0.604. The number of carbonyl (C=O) groups excluding carboxylic acids is 1. The number of hydrogen-bond donors (Lipinski definition) is 2. The maximum absolute atomic E-state index is 13.1. The number of rotatable bonds is 4. The Morgan fingerprint density at radius 2 is 2.17 bits per heavy atom. The lowest BCUT2D eigenvalue weighted by atomic mass is 9.74. The second kappa shape index (κ2) is 6.57. The number of aromatic nitrogens is 1. The van der Waals surface area contributed by atoms with Gasteiger partial charge in [-0.1, -0.05) is 19.4 Å². The molecule has 2 atom stereocenters. The van der Waals surface area contributed by atoms with Crippen molar-refractivity contribution in [2.24, 2.45) is 12.5 Å².